The van der Waals surface area contributed by atoms with E-state index in [4.69, 9.17) is 4.74 Å². The Kier molecular flexibility index (Phi) is 6.31. The van der Waals surface area contributed by atoms with E-state index < -0.39 is 17.8 Å². The van der Waals surface area contributed by atoms with Crippen molar-refractivity contribution in [2.45, 2.75) is 38.5 Å². The molecule has 108 valence electrons. The van der Waals surface area contributed by atoms with E-state index in [1.54, 1.807) is 0 Å². The molecule has 0 amide bonds. The predicted molar refractivity (Wildman–Crippen MR) is 66.9 cm³/mol. The van der Waals surface area contributed by atoms with Crippen molar-refractivity contribution in [3.63, 3.8) is 0 Å². The molecule has 0 saturated heterocycles. The maximum atomic E-state index is 12.4. The molecule has 1 aromatic rings. The molecule has 1 rings (SSSR count). The molecule has 0 aliphatic heterocycles. The van der Waals surface area contributed by atoms with Crippen LogP contribution in [0.4, 0.5) is 13.2 Å². The van der Waals surface area contributed by atoms with E-state index in [1.165, 1.54) is 12.1 Å². The summed E-state index contributed by atoms with van der Waals surface area (Å²) < 4.78 is 42.3. The van der Waals surface area contributed by atoms with Crippen molar-refractivity contribution < 1.29 is 23.0 Å². The van der Waals surface area contributed by atoms with Crippen molar-refractivity contribution in [1.82, 2.24) is 0 Å². The predicted octanol–water partition coefficient (Wildman–Crippen LogP) is 3.43. The smallest absolute Gasteiger partial charge is 0.393 e. The first-order valence-electron chi connectivity index (χ1n) is 6.35. The molecule has 0 bridgehead atoms. The van der Waals surface area contributed by atoms with Gasteiger partial charge in [0.1, 0.15) is 0 Å². The Morgan fingerprint density at radius 2 is 1.79 bits per heavy atom. The van der Waals surface area contributed by atoms with Gasteiger partial charge in [0.05, 0.1) is 11.7 Å². The molecular formula is C14H19F3O2. The minimum atomic E-state index is -4.31. The third-order valence-electron chi connectivity index (χ3n) is 2.70. The first-order chi connectivity index (χ1) is 8.93. The Bertz CT molecular complexity index is 360. The van der Waals surface area contributed by atoms with Crippen LogP contribution in [-0.4, -0.2) is 24.4 Å². The SMILES string of the molecule is CCCOCCC(O)Cc1ccc(C(F)(F)F)cc1. The zero-order valence-corrected chi connectivity index (χ0v) is 10.9. The highest BCUT2D eigenvalue weighted by atomic mass is 19.4. The minimum Gasteiger partial charge on any atom is -0.393 e. The third-order valence-corrected chi connectivity index (χ3v) is 2.70. The van der Waals surface area contributed by atoms with E-state index in [2.05, 4.69) is 0 Å². The van der Waals surface area contributed by atoms with Crippen LogP contribution in [0.25, 0.3) is 0 Å². The van der Waals surface area contributed by atoms with E-state index in [-0.39, 0.29) is 0 Å². The van der Waals surface area contributed by atoms with Gasteiger partial charge in [0.15, 0.2) is 0 Å². The number of halogens is 3. The van der Waals surface area contributed by atoms with Gasteiger partial charge in [-0.15, -0.1) is 0 Å². The number of hydrogen-bond acceptors (Lipinski definition) is 2. The van der Waals surface area contributed by atoms with Gasteiger partial charge in [-0.3, -0.25) is 0 Å². The highest BCUT2D eigenvalue weighted by molar-refractivity contribution is 5.25. The molecule has 0 saturated carbocycles. The van der Waals surface area contributed by atoms with Crippen LogP contribution >= 0.6 is 0 Å². The van der Waals surface area contributed by atoms with Gasteiger partial charge in [0.2, 0.25) is 0 Å². The van der Waals surface area contributed by atoms with Gasteiger partial charge in [-0.25, -0.2) is 0 Å². The molecule has 1 N–H and O–H groups in total. The number of ether oxygens (including phenoxy) is 1. The van der Waals surface area contributed by atoms with Gasteiger partial charge in [-0.2, -0.15) is 13.2 Å². The van der Waals surface area contributed by atoms with E-state index in [0.29, 0.717) is 31.6 Å². The molecule has 2 nitrogen and oxygen atoms in total. The zero-order valence-electron chi connectivity index (χ0n) is 10.9. The number of aliphatic hydroxyl groups excluding tert-OH is 1. The Labute approximate surface area is 111 Å². The van der Waals surface area contributed by atoms with Crippen LogP contribution in [0.3, 0.4) is 0 Å². The second-order valence-electron chi connectivity index (χ2n) is 4.45. The maximum absolute atomic E-state index is 12.4. The van der Waals surface area contributed by atoms with Crippen LogP contribution in [0.15, 0.2) is 24.3 Å². The normalized spacial score (nSPS) is 13.5. The number of aliphatic hydroxyl groups is 1. The molecule has 0 aromatic heterocycles. The molecule has 0 fully saturated rings. The summed E-state index contributed by atoms with van der Waals surface area (Å²) in [5, 5.41) is 9.73. The largest absolute Gasteiger partial charge is 0.416 e. The zero-order chi connectivity index (χ0) is 14.3. The summed E-state index contributed by atoms with van der Waals surface area (Å²) >= 11 is 0. The summed E-state index contributed by atoms with van der Waals surface area (Å²) in [5.41, 5.74) is 0.0213. The molecule has 1 unspecified atom stereocenters. The van der Waals surface area contributed by atoms with E-state index in [9.17, 15) is 18.3 Å². The number of benzene rings is 1. The van der Waals surface area contributed by atoms with Gasteiger partial charge in [0, 0.05) is 13.2 Å². The van der Waals surface area contributed by atoms with Gasteiger partial charge in [0.25, 0.3) is 0 Å². The van der Waals surface area contributed by atoms with Crippen molar-refractivity contribution >= 4 is 0 Å². The Hall–Kier alpha value is -1.07. The topological polar surface area (TPSA) is 29.5 Å². The number of hydrogen-bond donors (Lipinski definition) is 1. The number of alkyl halides is 3. The van der Waals surface area contributed by atoms with Crippen molar-refractivity contribution in [3.05, 3.63) is 35.4 Å². The highest BCUT2D eigenvalue weighted by Gasteiger charge is 2.29. The molecule has 0 spiro atoms. The Balaban J connectivity index is 2.40. The van der Waals surface area contributed by atoms with Crippen LogP contribution in [0.1, 0.15) is 30.9 Å². The van der Waals surface area contributed by atoms with Crippen molar-refractivity contribution in [2.75, 3.05) is 13.2 Å². The van der Waals surface area contributed by atoms with Gasteiger partial charge in [-0.1, -0.05) is 19.1 Å². The van der Waals surface area contributed by atoms with Gasteiger partial charge in [-0.05, 0) is 37.0 Å². The minimum absolute atomic E-state index is 0.341. The summed E-state index contributed by atoms with van der Waals surface area (Å²) in [6, 6.07) is 4.88. The summed E-state index contributed by atoms with van der Waals surface area (Å²) in [7, 11) is 0. The second-order valence-corrected chi connectivity index (χ2v) is 4.45. The van der Waals surface area contributed by atoms with Crippen molar-refractivity contribution in [2.24, 2.45) is 0 Å². The molecule has 19 heavy (non-hydrogen) atoms. The lowest BCUT2D eigenvalue weighted by molar-refractivity contribution is -0.137. The van der Waals surface area contributed by atoms with Crippen LogP contribution in [0.2, 0.25) is 0 Å². The summed E-state index contributed by atoms with van der Waals surface area (Å²) in [5.74, 6) is 0. The monoisotopic (exact) mass is 276 g/mol. The average molecular weight is 276 g/mol. The van der Waals surface area contributed by atoms with Crippen LogP contribution < -0.4 is 0 Å². The summed E-state index contributed by atoms with van der Waals surface area (Å²) in [6.07, 6.45) is -3.15. The van der Waals surface area contributed by atoms with Crippen LogP contribution in [0, 0.1) is 0 Å². The first-order valence-corrected chi connectivity index (χ1v) is 6.35. The molecule has 1 atom stereocenters. The lowest BCUT2D eigenvalue weighted by Crippen LogP contribution is -2.14. The molecule has 1 aromatic carbocycles. The fourth-order valence-electron chi connectivity index (χ4n) is 1.67. The van der Waals surface area contributed by atoms with E-state index in [1.807, 2.05) is 6.92 Å². The lowest BCUT2D eigenvalue weighted by Gasteiger charge is -2.12. The fraction of sp³-hybridized carbons (Fsp3) is 0.571. The van der Waals surface area contributed by atoms with E-state index in [0.717, 1.165) is 18.6 Å². The van der Waals surface area contributed by atoms with Crippen LogP contribution in [0.5, 0.6) is 0 Å². The quantitative estimate of drug-likeness (QED) is 0.773. The molecule has 5 heteroatoms. The molecule has 0 aliphatic carbocycles. The second kappa shape index (κ2) is 7.50. The van der Waals surface area contributed by atoms with E-state index >= 15 is 0 Å². The fourth-order valence-corrected chi connectivity index (χ4v) is 1.67. The lowest BCUT2D eigenvalue weighted by atomic mass is 10.0. The van der Waals surface area contributed by atoms with Crippen molar-refractivity contribution in [3.8, 4) is 0 Å². The average Bonchev–Trinajstić information content (AvgIpc) is 2.34. The van der Waals surface area contributed by atoms with Crippen LogP contribution in [-0.2, 0) is 17.3 Å². The van der Waals surface area contributed by atoms with Gasteiger partial charge < -0.3 is 9.84 Å². The molecule has 0 aliphatic rings. The molecule has 0 heterocycles. The standard InChI is InChI=1S/C14H19F3O2/c1-2-8-19-9-7-13(18)10-11-3-5-12(6-4-11)14(15,16)17/h3-6,13,18H,2,7-10H2,1H3. The Morgan fingerprint density at radius 1 is 1.16 bits per heavy atom. The molecular weight excluding hydrogens is 257 g/mol. The highest BCUT2D eigenvalue weighted by Crippen LogP contribution is 2.29. The first kappa shape index (κ1) is 16.0. The third kappa shape index (κ3) is 6.07. The number of rotatable bonds is 7. The maximum Gasteiger partial charge on any atom is 0.416 e. The van der Waals surface area contributed by atoms with Crippen molar-refractivity contribution in [1.29, 1.82) is 0 Å². The summed E-state index contributed by atoms with van der Waals surface area (Å²) in [4.78, 5) is 0. The summed E-state index contributed by atoms with van der Waals surface area (Å²) in [6.45, 7) is 3.13. The van der Waals surface area contributed by atoms with Gasteiger partial charge >= 0.3 is 6.18 Å². The molecule has 0 radical (unpaired) electrons. The Morgan fingerprint density at radius 3 is 2.32 bits per heavy atom.